The van der Waals surface area contributed by atoms with E-state index in [1.54, 1.807) is 25.0 Å². The van der Waals surface area contributed by atoms with Gasteiger partial charge < -0.3 is 14.7 Å². The largest absolute Gasteiger partial charge is 0.497 e. The lowest BCUT2D eigenvalue weighted by Crippen LogP contribution is -2.30. The molecule has 1 aliphatic rings. The molecule has 0 radical (unpaired) electrons. The molecule has 0 saturated carbocycles. The van der Waals surface area contributed by atoms with E-state index in [0.29, 0.717) is 18.8 Å². The van der Waals surface area contributed by atoms with E-state index in [1.165, 1.54) is 0 Å². The Labute approximate surface area is 135 Å². The van der Waals surface area contributed by atoms with Gasteiger partial charge >= 0.3 is 0 Å². The normalized spacial score (nSPS) is 18.9. The van der Waals surface area contributed by atoms with Gasteiger partial charge in [0.2, 0.25) is 0 Å². The molecule has 1 aliphatic heterocycles. The smallest absolute Gasteiger partial charge is 0.271 e. The summed E-state index contributed by atoms with van der Waals surface area (Å²) in [6.45, 7) is 3.04. The Morgan fingerprint density at radius 3 is 2.78 bits per heavy atom. The lowest BCUT2D eigenvalue weighted by atomic mass is 10.0. The van der Waals surface area contributed by atoms with Crippen LogP contribution in [0.15, 0.2) is 30.3 Å². The number of benzene rings is 1. The molecule has 1 aromatic heterocycles. The first kappa shape index (κ1) is 15.6. The van der Waals surface area contributed by atoms with Crippen molar-refractivity contribution < 1.29 is 14.6 Å². The molecule has 122 valence electrons. The van der Waals surface area contributed by atoms with Crippen LogP contribution >= 0.6 is 0 Å². The lowest BCUT2D eigenvalue weighted by Gasteiger charge is -2.16. The highest BCUT2D eigenvalue weighted by Crippen LogP contribution is 2.24. The summed E-state index contributed by atoms with van der Waals surface area (Å²) in [7, 11) is 1.62. The third-order valence-corrected chi connectivity index (χ3v) is 4.39. The molecule has 0 aliphatic carbocycles. The third kappa shape index (κ3) is 3.22. The Hall–Kier alpha value is -2.34. The monoisotopic (exact) mass is 315 g/mol. The van der Waals surface area contributed by atoms with Crippen molar-refractivity contribution >= 4 is 5.91 Å². The Morgan fingerprint density at radius 1 is 1.43 bits per heavy atom. The van der Waals surface area contributed by atoms with Gasteiger partial charge in [-0.1, -0.05) is 0 Å². The first-order valence-electron chi connectivity index (χ1n) is 7.75. The molecule has 1 saturated heterocycles. The predicted octanol–water partition coefficient (Wildman–Crippen LogP) is 1.93. The van der Waals surface area contributed by atoms with Crippen molar-refractivity contribution in [2.45, 2.75) is 19.4 Å². The summed E-state index contributed by atoms with van der Waals surface area (Å²) in [6, 6.07) is 9.30. The van der Waals surface area contributed by atoms with Crippen LogP contribution in [0.4, 0.5) is 0 Å². The van der Waals surface area contributed by atoms with Crippen LogP contribution < -0.4 is 4.74 Å². The molecule has 6 nitrogen and oxygen atoms in total. The average Bonchev–Trinajstić information content (AvgIpc) is 3.24. The van der Waals surface area contributed by atoms with Crippen molar-refractivity contribution in [2.75, 3.05) is 20.2 Å². The standard InChI is InChI=1S/C17H21N3O3/c1-11(21)13-7-8-20(10-13)17(22)16-9-15(18-19-16)12-3-5-14(23-2)6-4-12/h3-6,9,11,13,21H,7-8,10H2,1-2H3,(H,18,19). The summed E-state index contributed by atoms with van der Waals surface area (Å²) in [6.07, 6.45) is 0.451. The van der Waals surface area contributed by atoms with Gasteiger partial charge in [-0.15, -0.1) is 0 Å². The second-order valence-electron chi connectivity index (χ2n) is 5.94. The number of aliphatic hydroxyl groups excluding tert-OH is 1. The summed E-state index contributed by atoms with van der Waals surface area (Å²) < 4.78 is 5.14. The van der Waals surface area contributed by atoms with Gasteiger partial charge in [-0.25, -0.2) is 0 Å². The van der Waals surface area contributed by atoms with Crippen LogP contribution in [-0.4, -0.2) is 52.4 Å². The highest BCUT2D eigenvalue weighted by atomic mass is 16.5. The van der Waals surface area contributed by atoms with Crippen molar-refractivity contribution in [1.29, 1.82) is 0 Å². The molecular formula is C17H21N3O3. The molecule has 1 fully saturated rings. The minimum absolute atomic E-state index is 0.0691. The fourth-order valence-electron chi connectivity index (χ4n) is 2.88. The minimum Gasteiger partial charge on any atom is -0.497 e. The molecule has 2 heterocycles. The van der Waals surface area contributed by atoms with E-state index in [4.69, 9.17) is 4.74 Å². The van der Waals surface area contributed by atoms with Crippen LogP contribution in [0.5, 0.6) is 5.75 Å². The highest BCUT2D eigenvalue weighted by molar-refractivity contribution is 5.93. The second-order valence-corrected chi connectivity index (χ2v) is 5.94. The first-order valence-corrected chi connectivity index (χ1v) is 7.75. The fraction of sp³-hybridized carbons (Fsp3) is 0.412. The first-order chi connectivity index (χ1) is 11.1. The van der Waals surface area contributed by atoms with E-state index < -0.39 is 0 Å². The summed E-state index contributed by atoms with van der Waals surface area (Å²) in [5.41, 5.74) is 2.12. The summed E-state index contributed by atoms with van der Waals surface area (Å²) in [5, 5.41) is 16.7. The molecule has 2 N–H and O–H groups in total. The van der Waals surface area contributed by atoms with Gasteiger partial charge in [-0.05, 0) is 43.7 Å². The Kier molecular flexibility index (Phi) is 4.34. The van der Waals surface area contributed by atoms with Crippen molar-refractivity contribution in [2.24, 2.45) is 5.92 Å². The fourth-order valence-corrected chi connectivity index (χ4v) is 2.88. The number of rotatable bonds is 4. The van der Waals surface area contributed by atoms with E-state index >= 15 is 0 Å². The maximum absolute atomic E-state index is 12.5. The Bertz CT molecular complexity index is 679. The summed E-state index contributed by atoms with van der Waals surface area (Å²) in [4.78, 5) is 14.3. The molecular weight excluding hydrogens is 294 g/mol. The van der Waals surface area contributed by atoms with E-state index in [9.17, 15) is 9.90 Å². The van der Waals surface area contributed by atoms with Crippen LogP contribution in [0.2, 0.25) is 0 Å². The average molecular weight is 315 g/mol. The number of aromatic nitrogens is 2. The molecule has 6 heteroatoms. The van der Waals surface area contributed by atoms with Gasteiger partial charge in [0.25, 0.3) is 5.91 Å². The topological polar surface area (TPSA) is 78.5 Å². The van der Waals surface area contributed by atoms with E-state index in [1.807, 2.05) is 24.3 Å². The van der Waals surface area contributed by atoms with Gasteiger partial charge in [0.1, 0.15) is 11.4 Å². The molecule has 1 aromatic carbocycles. The van der Waals surface area contributed by atoms with Crippen molar-refractivity contribution in [3.63, 3.8) is 0 Å². The van der Waals surface area contributed by atoms with Crippen molar-refractivity contribution in [3.8, 4) is 17.0 Å². The molecule has 1 amide bonds. The second kappa shape index (κ2) is 6.42. The van der Waals surface area contributed by atoms with Crippen LogP contribution in [0.3, 0.4) is 0 Å². The molecule has 2 unspecified atom stereocenters. The highest BCUT2D eigenvalue weighted by Gasteiger charge is 2.30. The number of amides is 1. The number of methoxy groups -OCH3 is 1. The number of hydrogen-bond donors (Lipinski definition) is 2. The zero-order chi connectivity index (χ0) is 16.4. The number of nitrogens with one attached hydrogen (secondary N) is 1. The number of carbonyl (C=O) groups is 1. The number of hydrogen-bond acceptors (Lipinski definition) is 4. The summed E-state index contributed by atoms with van der Waals surface area (Å²) >= 11 is 0. The quantitative estimate of drug-likeness (QED) is 0.903. The number of ether oxygens (including phenoxy) is 1. The van der Waals surface area contributed by atoms with Gasteiger partial charge in [0, 0.05) is 24.6 Å². The van der Waals surface area contributed by atoms with Crippen LogP contribution in [-0.2, 0) is 0 Å². The van der Waals surface area contributed by atoms with Gasteiger partial charge in [0.15, 0.2) is 0 Å². The number of likely N-dealkylation sites (tertiary alicyclic amines) is 1. The van der Waals surface area contributed by atoms with E-state index in [0.717, 1.165) is 23.4 Å². The zero-order valence-electron chi connectivity index (χ0n) is 13.3. The number of carbonyl (C=O) groups excluding carboxylic acids is 1. The predicted molar refractivity (Wildman–Crippen MR) is 86.3 cm³/mol. The minimum atomic E-state index is -0.385. The number of aliphatic hydroxyl groups is 1. The lowest BCUT2D eigenvalue weighted by molar-refractivity contribution is 0.0757. The molecule has 2 atom stereocenters. The molecule has 2 aromatic rings. The zero-order valence-corrected chi connectivity index (χ0v) is 13.3. The number of nitrogens with zero attached hydrogens (tertiary/aromatic N) is 2. The van der Waals surface area contributed by atoms with Crippen LogP contribution in [0.1, 0.15) is 23.8 Å². The van der Waals surface area contributed by atoms with Gasteiger partial charge in [-0.2, -0.15) is 5.10 Å². The molecule has 0 bridgehead atoms. The molecule has 0 spiro atoms. The number of H-pyrrole nitrogens is 1. The number of aromatic amines is 1. The van der Waals surface area contributed by atoms with Crippen LogP contribution in [0.25, 0.3) is 11.3 Å². The third-order valence-electron chi connectivity index (χ3n) is 4.39. The van der Waals surface area contributed by atoms with Crippen molar-refractivity contribution in [3.05, 3.63) is 36.0 Å². The van der Waals surface area contributed by atoms with E-state index in [2.05, 4.69) is 10.2 Å². The Balaban J connectivity index is 1.72. The van der Waals surface area contributed by atoms with Crippen molar-refractivity contribution in [1.82, 2.24) is 15.1 Å². The maximum atomic E-state index is 12.5. The maximum Gasteiger partial charge on any atom is 0.271 e. The molecule has 23 heavy (non-hydrogen) atoms. The molecule has 3 rings (SSSR count). The van der Waals surface area contributed by atoms with Crippen LogP contribution in [0, 0.1) is 5.92 Å². The van der Waals surface area contributed by atoms with E-state index in [-0.39, 0.29) is 17.9 Å². The SMILES string of the molecule is COc1ccc(-c2cc(C(=O)N3CCC(C(C)O)C3)[nH]n2)cc1. The summed E-state index contributed by atoms with van der Waals surface area (Å²) in [5.74, 6) is 0.866. The van der Waals surface area contributed by atoms with Gasteiger partial charge in [0.05, 0.1) is 18.9 Å². The van der Waals surface area contributed by atoms with Gasteiger partial charge in [-0.3, -0.25) is 9.89 Å². The Morgan fingerprint density at radius 2 is 2.17 bits per heavy atom.